The summed E-state index contributed by atoms with van der Waals surface area (Å²) in [5.41, 5.74) is 0. The van der Waals surface area contributed by atoms with Gasteiger partial charge >= 0.3 is 0 Å². The number of piperazine rings is 1. The third-order valence-corrected chi connectivity index (χ3v) is 4.30. The van der Waals surface area contributed by atoms with Crippen LogP contribution in [0.4, 0.5) is 0 Å². The van der Waals surface area contributed by atoms with Gasteiger partial charge in [-0.05, 0) is 24.3 Å². The van der Waals surface area contributed by atoms with Crippen LogP contribution in [0.15, 0.2) is 60.7 Å². The number of rotatable bonds is 8. The van der Waals surface area contributed by atoms with E-state index in [1.165, 1.54) is 0 Å². The van der Waals surface area contributed by atoms with Crippen molar-refractivity contribution < 1.29 is 9.47 Å². The first-order valence-electron chi connectivity index (χ1n) is 8.70. The molecule has 24 heavy (non-hydrogen) atoms. The number of hydrogen-bond acceptors (Lipinski definition) is 4. The lowest BCUT2D eigenvalue weighted by Gasteiger charge is -2.34. The Bertz CT molecular complexity index is 515. The predicted octanol–water partition coefficient (Wildman–Crippen LogP) is 2.76. The molecule has 1 fully saturated rings. The zero-order valence-corrected chi connectivity index (χ0v) is 14.1. The summed E-state index contributed by atoms with van der Waals surface area (Å²) in [6.07, 6.45) is 0. The minimum Gasteiger partial charge on any atom is -0.492 e. The largest absolute Gasteiger partial charge is 0.492 e. The Kier molecular flexibility index (Phi) is 6.51. The van der Waals surface area contributed by atoms with Crippen LogP contribution in [0, 0.1) is 0 Å². The average Bonchev–Trinajstić information content (AvgIpc) is 2.65. The van der Waals surface area contributed by atoms with E-state index in [1.54, 1.807) is 0 Å². The number of ether oxygens (including phenoxy) is 2. The standard InChI is InChI=1S/C20H26N2O2/c1-3-7-19(8-4-1)23-17-15-21-11-13-22(14-12-21)16-18-24-20-9-5-2-6-10-20/h1-10H,11-18H2. The molecule has 3 rings (SSSR count). The highest BCUT2D eigenvalue weighted by atomic mass is 16.5. The first-order valence-corrected chi connectivity index (χ1v) is 8.70. The van der Waals surface area contributed by atoms with Crippen molar-refractivity contribution in [3.8, 4) is 11.5 Å². The van der Waals surface area contributed by atoms with Crippen molar-refractivity contribution in [2.75, 3.05) is 52.5 Å². The van der Waals surface area contributed by atoms with E-state index in [-0.39, 0.29) is 0 Å². The second-order valence-electron chi connectivity index (χ2n) is 6.01. The molecule has 1 aliphatic heterocycles. The summed E-state index contributed by atoms with van der Waals surface area (Å²) in [4.78, 5) is 4.94. The maximum absolute atomic E-state index is 5.77. The molecule has 1 aliphatic rings. The number of benzene rings is 2. The third-order valence-electron chi connectivity index (χ3n) is 4.30. The Morgan fingerprint density at radius 3 is 1.33 bits per heavy atom. The molecule has 0 N–H and O–H groups in total. The van der Waals surface area contributed by atoms with E-state index in [1.807, 2.05) is 60.7 Å². The van der Waals surface area contributed by atoms with E-state index in [0.29, 0.717) is 0 Å². The van der Waals surface area contributed by atoms with E-state index in [9.17, 15) is 0 Å². The van der Waals surface area contributed by atoms with Gasteiger partial charge in [-0.3, -0.25) is 9.80 Å². The molecule has 0 saturated carbocycles. The maximum atomic E-state index is 5.77. The summed E-state index contributed by atoms with van der Waals surface area (Å²) < 4.78 is 11.5. The second kappa shape index (κ2) is 9.30. The lowest BCUT2D eigenvalue weighted by Crippen LogP contribution is -2.48. The highest BCUT2D eigenvalue weighted by Crippen LogP contribution is 2.10. The van der Waals surface area contributed by atoms with E-state index in [2.05, 4.69) is 9.80 Å². The van der Waals surface area contributed by atoms with Crippen molar-refractivity contribution in [1.82, 2.24) is 9.80 Å². The minimum atomic E-state index is 0.751. The van der Waals surface area contributed by atoms with Gasteiger partial charge in [-0.1, -0.05) is 36.4 Å². The van der Waals surface area contributed by atoms with Gasteiger partial charge in [0.25, 0.3) is 0 Å². The smallest absolute Gasteiger partial charge is 0.119 e. The van der Waals surface area contributed by atoms with Gasteiger partial charge in [0.2, 0.25) is 0 Å². The Balaban J connectivity index is 1.27. The Labute approximate surface area is 144 Å². The van der Waals surface area contributed by atoms with Crippen molar-refractivity contribution in [3.05, 3.63) is 60.7 Å². The fraction of sp³-hybridized carbons (Fsp3) is 0.400. The van der Waals surface area contributed by atoms with Crippen molar-refractivity contribution in [3.63, 3.8) is 0 Å². The topological polar surface area (TPSA) is 24.9 Å². The van der Waals surface area contributed by atoms with E-state index in [0.717, 1.165) is 64.0 Å². The molecule has 0 spiro atoms. The lowest BCUT2D eigenvalue weighted by molar-refractivity contribution is 0.105. The normalized spacial score (nSPS) is 16.0. The van der Waals surface area contributed by atoms with E-state index >= 15 is 0 Å². The quantitative estimate of drug-likeness (QED) is 0.745. The van der Waals surface area contributed by atoms with Crippen molar-refractivity contribution in [2.45, 2.75) is 0 Å². The average molecular weight is 326 g/mol. The summed E-state index contributed by atoms with van der Waals surface area (Å²) in [5.74, 6) is 1.91. The second-order valence-corrected chi connectivity index (χ2v) is 6.01. The molecule has 1 heterocycles. The Morgan fingerprint density at radius 2 is 0.958 bits per heavy atom. The summed E-state index contributed by atoms with van der Waals surface area (Å²) >= 11 is 0. The number of para-hydroxylation sites is 2. The molecule has 2 aromatic rings. The lowest BCUT2D eigenvalue weighted by atomic mass is 10.3. The van der Waals surface area contributed by atoms with E-state index < -0.39 is 0 Å². The van der Waals surface area contributed by atoms with Crippen LogP contribution in [0.5, 0.6) is 11.5 Å². The van der Waals surface area contributed by atoms with Crippen molar-refractivity contribution in [2.24, 2.45) is 0 Å². The van der Waals surface area contributed by atoms with Crippen molar-refractivity contribution >= 4 is 0 Å². The molecule has 0 aliphatic carbocycles. The predicted molar refractivity (Wildman–Crippen MR) is 96.8 cm³/mol. The van der Waals surface area contributed by atoms with Crippen LogP contribution in [0.3, 0.4) is 0 Å². The summed E-state index contributed by atoms with van der Waals surface area (Å²) in [6.45, 7) is 7.88. The van der Waals surface area contributed by atoms with Crippen LogP contribution >= 0.6 is 0 Å². The molecule has 4 heteroatoms. The highest BCUT2D eigenvalue weighted by molar-refractivity contribution is 5.21. The zero-order valence-electron chi connectivity index (χ0n) is 14.1. The molecule has 0 bridgehead atoms. The summed E-state index contributed by atoms with van der Waals surface area (Å²) in [5, 5.41) is 0. The van der Waals surface area contributed by atoms with Crippen molar-refractivity contribution in [1.29, 1.82) is 0 Å². The van der Waals surface area contributed by atoms with Crippen LogP contribution < -0.4 is 9.47 Å². The molecular weight excluding hydrogens is 300 g/mol. The van der Waals surface area contributed by atoms with Gasteiger partial charge in [-0.2, -0.15) is 0 Å². The van der Waals surface area contributed by atoms with Crippen LogP contribution in [-0.4, -0.2) is 62.3 Å². The zero-order chi connectivity index (χ0) is 16.5. The first-order chi connectivity index (χ1) is 11.9. The summed E-state index contributed by atoms with van der Waals surface area (Å²) in [7, 11) is 0. The fourth-order valence-electron chi connectivity index (χ4n) is 2.86. The molecule has 2 aromatic carbocycles. The monoisotopic (exact) mass is 326 g/mol. The van der Waals surface area contributed by atoms with Gasteiger partial charge in [0.05, 0.1) is 0 Å². The molecule has 0 radical (unpaired) electrons. The minimum absolute atomic E-state index is 0.751. The fourth-order valence-corrected chi connectivity index (χ4v) is 2.86. The molecule has 0 aromatic heterocycles. The van der Waals surface area contributed by atoms with Crippen LogP contribution in [0.1, 0.15) is 0 Å². The Hall–Kier alpha value is -2.04. The first kappa shape index (κ1) is 16.8. The van der Waals surface area contributed by atoms with Crippen LogP contribution in [0.2, 0.25) is 0 Å². The van der Waals surface area contributed by atoms with E-state index in [4.69, 9.17) is 9.47 Å². The van der Waals surface area contributed by atoms with Crippen LogP contribution in [0.25, 0.3) is 0 Å². The summed E-state index contributed by atoms with van der Waals surface area (Å²) in [6, 6.07) is 20.1. The molecule has 4 nitrogen and oxygen atoms in total. The van der Waals surface area contributed by atoms with Crippen LogP contribution in [-0.2, 0) is 0 Å². The van der Waals surface area contributed by atoms with Gasteiger partial charge in [0.1, 0.15) is 24.7 Å². The molecular formula is C20H26N2O2. The maximum Gasteiger partial charge on any atom is 0.119 e. The molecule has 0 amide bonds. The van der Waals surface area contributed by atoms with Gasteiger partial charge in [0.15, 0.2) is 0 Å². The Morgan fingerprint density at radius 1 is 0.583 bits per heavy atom. The number of hydrogen-bond donors (Lipinski definition) is 0. The highest BCUT2D eigenvalue weighted by Gasteiger charge is 2.16. The SMILES string of the molecule is c1ccc(OCCN2CCN(CCOc3ccccc3)CC2)cc1. The van der Waals surface area contributed by atoms with Gasteiger partial charge in [0, 0.05) is 39.3 Å². The molecule has 0 atom stereocenters. The van der Waals surface area contributed by atoms with Gasteiger partial charge < -0.3 is 9.47 Å². The number of nitrogens with zero attached hydrogens (tertiary/aromatic N) is 2. The molecule has 128 valence electrons. The van der Waals surface area contributed by atoms with Gasteiger partial charge in [-0.15, -0.1) is 0 Å². The molecule has 0 unspecified atom stereocenters. The molecule has 1 saturated heterocycles. The van der Waals surface area contributed by atoms with Gasteiger partial charge in [-0.25, -0.2) is 0 Å². The third kappa shape index (κ3) is 5.55.